The molecular weight excluding hydrogens is 440 g/mol. The topological polar surface area (TPSA) is 74.9 Å². The van der Waals surface area contributed by atoms with Crippen molar-refractivity contribution < 1.29 is 19.7 Å². The lowest BCUT2D eigenvalue weighted by atomic mass is 9.96. The number of hydrogen-bond donors (Lipinski definition) is 2. The first kappa shape index (κ1) is 21.7. The van der Waals surface area contributed by atoms with Gasteiger partial charge in [-0.15, -0.1) is 0 Å². The maximum atomic E-state index is 13.8. The molecule has 3 heterocycles. The molecule has 4 aromatic rings. The molecule has 6 nitrogen and oxygen atoms in total. The van der Waals surface area contributed by atoms with Gasteiger partial charge < -0.3 is 19.5 Å². The van der Waals surface area contributed by atoms with Gasteiger partial charge in [-0.25, -0.2) is 0 Å². The zero-order chi connectivity index (χ0) is 23.9. The average molecular weight is 469 g/mol. The number of carbonyl (C=O) groups is 1. The van der Waals surface area contributed by atoms with E-state index in [9.17, 15) is 15.0 Å². The number of aromatic nitrogens is 1. The molecule has 3 aromatic carbocycles. The first-order chi connectivity index (χ1) is 17.1. The predicted molar refractivity (Wildman–Crippen MR) is 135 cm³/mol. The fourth-order valence-electron chi connectivity index (χ4n) is 5.43. The normalized spacial score (nSPS) is 15.2. The molecular formula is C29H28N2O4. The van der Waals surface area contributed by atoms with Crippen molar-refractivity contribution in [2.75, 3.05) is 26.2 Å². The molecule has 35 heavy (non-hydrogen) atoms. The van der Waals surface area contributed by atoms with Crippen LogP contribution in [0.5, 0.6) is 17.2 Å². The maximum absolute atomic E-state index is 13.8. The molecule has 2 aliphatic rings. The van der Waals surface area contributed by atoms with E-state index < -0.39 is 0 Å². The highest BCUT2D eigenvalue weighted by molar-refractivity contribution is 6.21. The molecule has 178 valence electrons. The van der Waals surface area contributed by atoms with Gasteiger partial charge in [-0.2, -0.15) is 0 Å². The van der Waals surface area contributed by atoms with Crippen molar-refractivity contribution in [3.8, 4) is 28.5 Å². The summed E-state index contributed by atoms with van der Waals surface area (Å²) in [5.41, 5.74) is 4.63. The lowest BCUT2D eigenvalue weighted by Gasteiger charge is -2.26. The van der Waals surface area contributed by atoms with Crippen molar-refractivity contribution in [1.29, 1.82) is 0 Å². The molecule has 0 bridgehead atoms. The summed E-state index contributed by atoms with van der Waals surface area (Å²) in [4.78, 5) is 16.2. The van der Waals surface area contributed by atoms with Crippen LogP contribution in [0.1, 0.15) is 40.7 Å². The Hall–Kier alpha value is -3.77. The maximum Gasteiger partial charge on any atom is 0.195 e. The Kier molecular flexibility index (Phi) is 5.46. The zero-order valence-electron chi connectivity index (χ0n) is 19.5. The van der Waals surface area contributed by atoms with Gasteiger partial charge in [-0.3, -0.25) is 9.69 Å². The van der Waals surface area contributed by atoms with E-state index in [1.807, 2.05) is 34.9 Å². The number of ether oxygens (including phenoxy) is 1. The molecule has 0 spiro atoms. The van der Waals surface area contributed by atoms with Crippen molar-refractivity contribution in [2.45, 2.75) is 25.8 Å². The van der Waals surface area contributed by atoms with Crippen molar-refractivity contribution in [1.82, 2.24) is 9.47 Å². The number of phenolic OH excluding ortho intramolecular Hbond substituents is 2. The summed E-state index contributed by atoms with van der Waals surface area (Å²) in [7, 11) is 0. The number of likely N-dealkylation sites (tertiary alicyclic amines) is 1. The Balaban J connectivity index is 1.30. The summed E-state index contributed by atoms with van der Waals surface area (Å²) in [6.45, 7) is 4.43. The number of nitrogens with zero attached hydrogens (tertiary/aromatic N) is 2. The van der Waals surface area contributed by atoms with Gasteiger partial charge in [0.05, 0.1) is 16.8 Å². The minimum Gasteiger partial charge on any atom is -0.508 e. The number of benzene rings is 3. The fourth-order valence-corrected chi connectivity index (χ4v) is 5.43. The molecule has 1 aromatic heterocycles. The van der Waals surface area contributed by atoms with Gasteiger partial charge in [-0.1, -0.05) is 12.5 Å². The second-order valence-corrected chi connectivity index (χ2v) is 9.46. The zero-order valence-corrected chi connectivity index (χ0v) is 19.5. The molecule has 2 N–H and O–H groups in total. The third-order valence-electron chi connectivity index (χ3n) is 7.19. The monoisotopic (exact) mass is 468 g/mol. The van der Waals surface area contributed by atoms with Crippen LogP contribution in [0.4, 0.5) is 0 Å². The van der Waals surface area contributed by atoms with Gasteiger partial charge in [-0.05, 0) is 80.0 Å². The first-order valence-electron chi connectivity index (χ1n) is 12.3. The van der Waals surface area contributed by atoms with E-state index in [2.05, 4.69) is 4.90 Å². The number of ketones is 1. The van der Waals surface area contributed by atoms with Gasteiger partial charge in [0, 0.05) is 35.7 Å². The number of aromatic hydroxyl groups is 2. The first-order valence-corrected chi connectivity index (χ1v) is 12.3. The van der Waals surface area contributed by atoms with Gasteiger partial charge in [0.15, 0.2) is 5.78 Å². The Morgan fingerprint density at radius 3 is 2.43 bits per heavy atom. The highest BCUT2D eigenvalue weighted by Crippen LogP contribution is 2.43. The Bertz CT molecular complexity index is 1420. The lowest BCUT2D eigenvalue weighted by molar-refractivity contribution is 0.104. The Morgan fingerprint density at radius 1 is 0.886 bits per heavy atom. The van der Waals surface area contributed by atoms with E-state index in [1.165, 1.54) is 19.3 Å². The van der Waals surface area contributed by atoms with Gasteiger partial charge in [0.1, 0.15) is 23.9 Å². The van der Waals surface area contributed by atoms with E-state index >= 15 is 0 Å². The molecule has 0 saturated carbocycles. The van der Waals surface area contributed by atoms with E-state index in [-0.39, 0.29) is 17.3 Å². The highest BCUT2D eigenvalue weighted by Gasteiger charge is 2.30. The molecule has 0 unspecified atom stereocenters. The molecule has 0 radical (unpaired) electrons. The molecule has 6 heteroatoms. The van der Waals surface area contributed by atoms with Crippen molar-refractivity contribution in [3.63, 3.8) is 0 Å². The van der Waals surface area contributed by atoms with Crippen LogP contribution >= 0.6 is 0 Å². The molecule has 0 atom stereocenters. The number of phenols is 2. The fraction of sp³-hybridized carbons (Fsp3) is 0.276. The van der Waals surface area contributed by atoms with Crippen molar-refractivity contribution in [2.24, 2.45) is 0 Å². The summed E-state index contributed by atoms with van der Waals surface area (Å²) < 4.78 is 7.98. The molecule has 1 fully saturated rings. The molecule has 0 aliphatic carbocycles. The van der Waals surface area contributed by atoms with Crippen LogP contribution in [-0.4, -0.2) is 51.7 Å². The summed E-state index contributed by atoms with van der Waals surface area (Å²) in [6.07, 6.45) is 3.85. The van der Waals surface area contributed by atoms with E-state index in [0.29, 0.717) is 24.3 Å². The van der Waals surface area contributed by atoms with Crippen molar-refractivity contribution >= 4 is 16.7 Å². The number of piperidine rings is 1. The average Bonchev–Trinajstić information content (AvgIpc) is 3.39. The largest absolute Gasteiger partial charge is 0.508 e. The van der Waals surface area contributed by atoms with Crippen LogP contribution < -0.4 is 4.74 Å². The third-order valence-corrected chi connectivity index (χ3v) is 7.19. The molecule has 1 saturated heterocycles. The highest BCUT2D eigenvalue weighted by atomic mass is 16.5. The van der Waals surface area contributed by atoms with Gasteiger partial charge >= 0.3 is 0 Å². The minimum atomic E-state index is -0.0921. The number of carbonyl (C=O) groups excluding carboxylic acids is 1. The number of fused-ring (bicyclic) bond motifs is 5. The van der Waals surface area contributed by atoms with E-state index in [4.69, 9.17) is 4.74 Å². The van der Waals surface area contributed by atoms with Gasteiger partial charge in [0.2, 0.25) is 0 Å². The smallest absolute Gasteiger partial charge is 0.195 e. The summed E-state index contributed by atoms with van der Waals surface area (Å²) in [5, 5.41) is 21.0. The molecule has 2 aliphatic heterocycles. The Labute approximate surface area is 204 Å². The quantitative estimate of drug-likeness (QED) is 0.336. The van der Waals surface area contributed by atoms with Crippen LogP contribution in [-0.2, 0) is 6.54 Å². The van der Waals surface area contributed by atoms with Crippen LogP contribution in [0.15, 0.2) is 60.7 Å². The summed E-state index contributed by atoms with van der Waals surface area (Å²) in [6, 6.07) is 17.7. The Morgan fingerprint density at radius 2 is 1.63 bits per heavy atom. The van der Waals surface area contributed by atoms with Crippen LogP contribution in [0.3, 0.4) is 0 Å². The second kappa shape index (κ2) is 8.78. The summed E-state index contributed by atoms with van der Waals surface area (Å²) >= 11 is 0. The van der Waals surface area contributed by atoms with Gasteiger partial charge in [0.25, 0.3) is 0 Å². The second-order valence-electron chi connectivity index (χ2n) is 9.46. The van der Waals surface area contributed by atoms with Crippen LogP contribution in [0.25, 0.3) is 22.2 Å². The standard InChI is InChI=1S/C29H28N2O4/c32-21-7-4-20-18-31-26-17-22(33)8-11-24(26)27(28(31)25(20)16-21)29(34)19-5-9-23(10-6-19)35-15-14-30-12-2-1-3-13-30/h4-11,16-17,32-33H,1-3,12-15,18H2. The third kappa shape index (κ3) is 3.94. The van der Waals surface area contributed by atoms with E-state index in [1.54, 1.807) is 30.3 Å². The minimum absolute atomic E-state index is 0.0921. The van der Waals surface area contributed by atoms with Crippen LogP contribution in [0, 0.1) is 0 Å². The van der Waals surface area contributed by atoms with Crippen molar-refractivity contribution in [3.05, 3.63) is 77.4 Å². The number of hydrogen-bond acceptors (Lipinski definition) is 5. The lowest BCUT2D eigenvalue weighted by Crippen LogP contribution is -2.33. The number of rotatable bonds is 6. The van der Waals surface area contributed by atoms with Crippen LogP contribution in [0.2, 0.25) is 0 Å². The SMILES string of the molecule is O=C(c1ccc(OCCN2CCCCC2)cc1)c1c2n(c3cc(O)ccc13)Cc1ccc(O)cc1-2. The predicted octanol–water partition coefficient (Wildman–Crippen LogP) is 5.18. The molecule has 0 amide bonds. The summed E-state index contributed by atoms with van der Waals surface area (Å²) in [5.74, 6) is 0.979. The van der Waals surface area contributed by atoms with E-state index in [0.717, 1.165) is 53.1 Å². The molecule has 6 rings (SSSR count).